The van der Waals surface area contributed by atoms with E-state index in [0.717, 1.165) is 17.7 Å². The Labute approximate surface area is 154 Å². The number of rotatable bonds is 4. The lowest BCUT2D eigenvalue weighted by molar-refractivity contribution is 0.00257. The quantitative estimate of drug-likeness (QED) is 0.767. The second kappa shape index (κ2) is 7.28. The van der Waals surface area contributed by atoms with Gasteiger partial charge in [0, 0.05) is 18.2 Å². The molecule has 7 heteroatoms. The molecule has 0 fully saturated rings. The Bertz CT molecular complexity index is 973. The standard InChI is InChI=1S/C20H17F2N3O2/c21-15-7-6-14(16(22)8-15)9-23-20(26)19-17-11-27-18(10-25(17)12-24-19)13-4-2-1-3-5-13/h1-8,12,18H,9-11H2,(H,23,26). The lowest BCUT2D eigenvalue weighted by Gasteiger charge is -2.25. The number of carbonyl (C=O) groups is 1. The molecule has 1 atom stereocenters. The number of ether oxygens (including phenoxy) is 1. The fourth-order valence-electron chi connectivity index (χ4n) is 3.11. The molecular weight excluding hydrogens is 352 g/mol. The first-order chi connectivity index (χ1) is 13.1. The van der Waals surface area contributed by atoms with Crippen LogP contribution in [0.1, 0.15) is 33.4 Å². The van der Waals surface area contributed by atoms with E-state index < -0.39 is 17.5 Å². The Morgan fingerprint density at radius 3 is 2.81 bits per heavy atom. The summed E-state index contributed by atoms with van der Waals surface area (Å²) in [6.45, 7) is 0.768. The highest BCUT2D eigenvalue weighted by atomic mass is 19.1. The van der Waals surface area contributed by atoms with E-state index in [9.17, 15) is 13.6 Å². The molecule has 2 aromatic carbocycles. The molecule has 3 aromatic rings. The second-order valence-electron chi connectivity index (χ2n) is 6.32. The number of fused-ring (bicyclic) bond motifs is 1. The predicted molar refractivity (Wildman–Crippen MR) is 93.7 cm³/mol. The third-order valence-electron chi connectivity index (χ3n) is 4.57. The molecule has 138 valence electrons. The Balaban J connectivity index is 1.45. The summed E-state index contributed by atoms with van der Waals surface area (Å²) in [5, 5.41) is 2.62. The van der Waals surface area contributed by atoms with Crippen LogP contribution in [-0.2, 0) is 24.4 Å². The zero-order valence-corrected chi connectivity index (χ0v) is 14.4. The third-order valence-corrected chi connectivity index (χ3v) is 4.57. The van der Waals surface area contributed by atoms with Crippen molar-refractivity contribution < 1.29 is 18.3 Å². The first kappa shape index (κ1) is 17.4. The van der Waals surface area contributed by atoms with Crippen LogP contribution in [0.2, 0.25) is 0 Å². The SMILES string of the molecule is O=C(NCc1ccc(F)cc1F)c1ncn2c1COC(c1ccccc1)C2. The van der Waals surface area contributed by atoms with E-state index in [-0.39, 0.29) is 30.5 Å². The summed E-state index contributed by atoms with van der Waals surface area (Å²) in [5.74, 6) is -1.78. The van der Waals surface area contributed by atoms with Crippen LogP contribution < -0.4 is 5.32 Å². The van der Waals surface area contributed by atoms with Crippen LogP contribution in [-0.4, -0.2) is 15.5 Å². The molecule has 0 spiro atoms. The molecule has 0 radical (unpaired) electrons. The fourth-order valence-corrected chi connectivity index (χ4v) is 3.11. The molecule has 1 aliphatic heterocycles. The second-order valence-corrected chi connectivity index (χ2v) is 6.32. The minimum absolute atomic E-state index is 0.0508. The van der Waals surface area contributed by atoms with Crippen molar-refractivity contribution in [3.63, 3.8) is 0 Å². The largest absolute Gasteiger partial charge is 0.365 e. The Kier molecular flexibility index (Phi) is 4.68. The number of amides is 1. The highest BCUT2D eigenvalue weighted by Crippen LogP contribution is 2.27. The average Bonchev–Trinajstić information content (AvgIpc) is 3.11. The molecule has 1 amide bonds. The molecule has 1 N–H and O–H groups in total. The van der Waals surface area contributed by atoms with E-state index in [4.69, 9.17) is 4.74 Å². The van der Waals surface area contributed by atoms with Gasteiger partial charge in [0.2, 0.25) is 0 Å². The average molecular weight is 369 g/mol. The van der Waals surface area contributed by atoms with Crippen molar-refractivity contribution >= 4 is 5.91 Å². The minimum atomic E-state index is -0.698. The number of nitrogens with zero attached hydrogens (tertiary/aromatic N) is 2. The summed E-state index contributed by atoms with van der Waals surface area (Å²) in [5.41, 5.74) is 2.20. The van der Waals surface area contributed by atoms with Gasteiger partial charge in [-0.15, -0.1) is 0 Å². The van der Waals surface area contributed by atoms with Gasteiger partial charge in [-0.1, -0.05) is 36.4 Å². The van der Waals surface area contributed by atoms with E-state index in [0.29, 0.717) is 12.2 Å². The summed E-state index contributed by atoms with van der Waals surface area (Å²) in [6.07, 6.45) is 1.51. The molecule has 1 unspecified atom stereocenters. The number of hydrogen-bond acceptors (Lipinski definition) is 3. The number of hydrogen-bond donors (Lipinski definition) is 1. The Morgan fingerprint density at radius 2 is 2.04 bits per heavy atom. The van der Waals surface area contributed by atoms with Gasteiger partial charge in [-0.3, -0.25) is 4.79 Å². The summed E-state index contributed by atoms with van der Waals surface area (Å²) in [7, 11) is 0. The maximum atomic E-state index is 13.7. The molecule has 27 heavy (non-hydrogen) atoms. The highest BCUT2D eigenvalue weighted by Gasteiger charge is 2.26. The van der Waals surface area contributed by atoms with Crippen LogP contribution in [0.4, 0.5) is 8.78 Å². The van der Waals surface area contributed by atoms with Gasteiger partial charge in [-0.25, -0.2) is 13.8 Å². The molecule has 5 nitrogen and oxygen atoms in total. The number of imidazole rings is 1. The molecular formula is C20H17F2N3O2. The summed E-state index contributed by atoms with van der Waals surface area (Å²) < 4.78 is 34.4. The lowest BCUT2D eigenvalue weighted by Crippen LogP contribution is -2.27. The summed E-state index contributed by atoms with van der Waals surface area (Å²) >= 11 is 0. The molecule has 2 heterocycles. The highest BCUT2D eigenvalue weighted by molar-refractivity contribution is 5.93. The Morgan fingerprint density at radius 1 is 1.22 bits per heavy atom. The maximum absolute atomic E-state index is 13.7. The minimum Gasteiger partial charge on any atom is -0.365 e. The number of aromatic nitrogens is 2. The Hall–Kier alpha value is -3.06. The van der Waals surface area contributed by atoms with Crippen molar-refractivity contribution in [3.8, 4) is 0 Å². The lowest BCUT2D eigenvalue weighted by atomic mass is 10.1. The molecule has 0 aliphatic carbocycles. The predicted octanol–water partition coefficient (Wildman–Crippen LogP) is 3.36. The molecule has 0 bridgehead atoms. The number of benzene rings is 2. The zero-order valence-electron chi connectivity index (χ0n) is 14.4. The number of nitrogens with one attached hydrogen (secondary N) is 1. The van der Waals surface area contributed by atoms with Crippen molar-refractivity contribution in [1.82, 2.24) is 14.9 Å². The van der Waals surface area contributed by atoms with Crippen LogP contribution in [0.5, 0.6) is 0 Å². The van der Waals surface area contributed by atoms with Crippen LogP contribution in [0.3, 0.4) is 0 Å². The van der Waals surface area contributed by atoms with Crippen LogP contribution in [0.25, 0.3) is 0 Å². The summed E-state index contributed by atoms with van der Waals surface area (Å²) in [6, 6.07) is 13.1. The smallest absolute Gasteiger partial charge is 0.272 e. The van der Waals surface area contributed by atoms with Gasteiger partial charge in [0.05, 0.1) is 25.2 Å². The van der Waals surface area contributed by atoms with Crippen molar-refractivity contribution in [3.05, 3.63) is 89.0 Å². The van der Waals surface area contributed by atoms with Gasteiger partial charge in [-0.05, 0) is 11.6 Å². The van der Waals surface area contributed by atoms with Crippen LogP contribution >= 0.6 is 0 Å². The van der Waals surface area contributed by atoms with Crippen LogP contribution in [0.15, 0.2) is 54.9 Å². The summed E-state index contributed by atoms with van der Waals surface area (Å²) in [4.78, 5) is 16.6. The van der Waals surface area contributed by atoms with Gasteiger partial charge in [-0.2, -0.15) is 0 Å². The van der Waals surface area contributed by atoms with Gasteiger partial charge >= 0.3 is 0 Å². The monoisotopic (exact) mass is 369 g/mol. The van der Waals surface area contributed by atoms with E-state index >= 15 is 0 Å². The van der Waals surface area contributed by atoms with Gasteiger partial charge < -0.3 is 14.6 Å². The molecule has 0 saturated carbocycles. The van der Waals surface area contributed by atoms with Gasteiger partial charge in [0.1, 0.15) is 17.7 Å². The van der Waals surface area contributed by atoms with Gasteiger partial charge in [0.15, 0.2) is 5.69 Å². The molecule has 4 rings (SSSR count). The van der Waals surface area contributed by atoms with E-state index in [2.05, 4.69) is 10.3 Å². The van der Waals surface area contributed by atoms with Crippen LogP contribution in [0, 0.1) is 11.6 Å². The van der Waals surface area contributed by atoms with Crippen molar-refractivity contribution in [2.75, 3.05) is 0 Å². The molecule has 1 aliphatic rings. The normalized spacial score (nSPS) is 16.0. The van der Waals surface area contributed by atoms with Gasteiger partial charge in [0.25, 0.3) is 5.91 Å². The van der Waals surface area contributed by atoms with E-state index in [1.807, 2.05) is 34.9 Å². The van der Waals surface area contributed by atoms with Crippen molar-refractivity contribution in [2.24, 2.45) is 0 Å². The maximum Gasteiger partial charge on any atom is 0.272 e. The zero-order chi connectivity index (χ0) is 18.8. The number of carbonyl (C=O) groups excluding carboxylic acids is 1. The molecule has 0 saturated heterocycles. The van der Waals surface area contributed by atoms with E-state index in [1.165, 1.54) is 6.07 Å². The first-order valence-electron chi connectivity index (χ1n) is 8.54. The van der Waals surface area contributed by atoms with E-state index in [1.54, 1.807) is 6.33 Å². The first-order valence-corrected chi connectivity index (χ1v) is 8.54. The molecule has 1 aromatic heterocycles. The topological polar surface area (TPSA) is 56.2 Å². The van der Waals surface area contributed by atoms with Crippen molar-refractivity contribution in [2.45, 2.75) is 25.8 Å². The van der Waals surface area contributed by atoms with Crippen molar-refractivity contribution in [1.29, 1.82) is 0 Å². The fraction of sp³-hybridized carbons (Fsp3) is 0.200. The third kappa shape index (κ3) is 3.59. The number of halogens is 2.